The van der Waals surface area contributed by atoms with Crippen molar-refractivity contribution in [1.82, 2.24) is 20.2 Å². The molecular formula is C17H17N5O2. The number of ether oxygens (including phenoxy) is 1. The first-order valence-corrected chi connectivity index (χ1v) is 7.32. The molecule has 0 atom stereocenters. The number of hydrazone groups is 1. The third kappa shape index (κ3) is 3.35. The van der Waals surface area contributed by atoms with Crippen molar-refractivity contribution in [2.75, 3.05) is 7.11 Å². The number of carbonyl (C=O) groups excluding carboxylic acids is 1. The Morgan fingerprint density at radius 3 is 2.79 bits per heavy atom. The second-order valence-electron chi connectivity index (χ2n) is 5.14. The SMILES string of the molecule is COc1ccc(C=NNC(=O)c2cc(-c3cccn3C)n[nH]2)cc1. The van der Waals surface area contributed by atoms with E-state index in [1.165, 1.54) is 0 Å². The molecule has 122 valence electrons. The van der Waals surface area contributed by atoms with Gasteiger partial charge in [0, 0.05) is 13.2 Å². The van der Waals surface area contributed by atoms with Gasteiger partial charge in [0.05, 0.1) is 19.0 Å². The van der Waals surface area contributed by atoms with Crippen molar-refractivity contribution in [3.63, 3.8) is 0 Å². The van der Waals surface area contributed by atoms with Crippen LogP contribution in [0.2, 0.25) is 0 Å². The van der Waals surface area contributed by atoms with Crippen molar-refractivity contribution in [2.45, 2.75) is 0 Å². The highest BCUT2D eigenvalue weighted by Gasteiger charge is 2.11. The Morgan fingerprint density at radius 2 is 2.12 bits per heavy atom. The Morgan fingerprint density at radius 1 is 1.33 bits per heavy atom. The molecule has 0 saturated heterocycles. The van der Waals surface area contributed by atoms with Gasteiger partial charge in [-0.25, -0.2) is 5.43 Å². The van der Waals surface area contributed by atoms with E-state index < -0.39 is 0 Å². The molecule has 24 heavy (non-hydrogen) atoms. The number of hydrogen-bond acceptors (Lipinski definition) is 4. The molecule has 7 heteroatoms. The number of carbonyl (C=O) groups is 1. The van der Waals surface area contributed by atoms with Gasteiger partial charge >= 0.3 is 0 Å². The molecule has 0 aliphatic rings. The molecule has 0 spiro atoms. The average molecular weight is 323 g/mol. The van der Waals surface area contributed by atoms with Crippen molar-refractivity contribution in [3.8, 4) is 17.1 Å². The highest BCUT2D eigenvalue weighted by atomic mass is 16.5. The lowest BCUT2D eigenvalue weighted by molar-refractivity contribution is 0.0950. The summed E-state index contributed by atoms with van der Waals surface area (Å²) in [5.41, 5.74) is 5.29. The van der Waals surface area contributed by atoms with E-state index in [9.17, 15) is 4.79 Å². The highest BCUT2D eigenvalue weighted by Crippen LogP contribution is 2.17. The Balaban J connectivity index is 1.64. The summed E-state index contributed by atoms with van der Waals surface area (Å²) in [4.78, 5) is 12.1. The lowest BCUT2D eigenvalue weighted by atomic mass is 10.2. The zero-order chi connectivity index (χ0) is 16.9. The quantitative estimate of drug-likeness (QED) is 0.557. The topological polar surface area (TPSA) is 84.3 Å². The molecular weight excluding hydrogens is 306 g/mol. The van der Waals surface area contributed by atoms with Gasteiger partial charge in [-0.3, -0.25) is 9.89 Å². The number of aryl methyl sites for hydroxylation is 1. The fraction of sp³-hybridized carbons (Fsp3) is 0.118. The van der Waals surface area contributed by atoms with E-state index in [4.69, 9.17) is 4.74 Å². The monoisotopic (exact) mass is 323 g/mol. The number of hydrogen-bond donors (Lipinski definition) is 2. The molecule has 2 aromatic heterocycles. The van der Waals surface area contributed by atoms with Crippen LogP contribution in [-0.4, -0.2) is 34.0 Å². The van der Waals surface area contributed by atoms with Crippen LogP contribution >= 0.6 is 0 Å². The first-order chi connectivity index (χ1) is 11.7. The zero-order valence-electron chi connectivity index (χ0n) is 13.4. The van der Waals surface area contributed by atoms with Gasteiger partial charge in [-0.2, -0.15) is 10.2 Å². The normalized spacial score (nSPS) is 10.9. The molecule has 0 saturated carbocycles. The number of nitrogens with zero attached hydrogens (tertiary/aromatic N) is 3. The van der Waals surface area contributed by atoms with Crippen LogP contribution in [0, 0.1) is 0 Å². The molecule has 0 fully saturated rings. The molecule has 0 aliphatic carbocycles. The van der Waals surface area contributed by atoms with Crippen LogP contribution < -0.4 is 10.2 Å². The summed E-state index contributed by atoms with van der Waals surface area (Å²) in [6.07, 6.45) is 3.48. The van der Waals surface area contributed by atoms with Gasteiger partial charge in [-0.05, 0) is 48.0 Å². The predicted octanol–water partition coefficient (Wildman–Crippen LogP) is 2.19. The van der Waals surface area contributed by atoms with Gasteiger partial charge in [0.1, 0.15) is 17.1 Å². The number of benzene rings is 1. The average Bonchev–Trinajstić information content (AvgIpc) is 3.24. The summed E-state index contributed by atoms with van der Waals surface area (Å²) in [5.74, 6) is 0.412. The molecule has 0 bridgehead atoms. The Hall–Kier alpha value is -3.35. The lowest BCUT2D eigenvalue weighted by Gasteiger charge is -1.99. The Kier molecular flexibility index (Phi) is 4.42. The molecule has 0 aliphatic heterocycles. The molecule has 2 N–H and O–H groups in total. The minimum Gasteiger partial charge on any atom is -0.497 e. The van der Waals surface area contributed by atoms with E-state index >= 15 is 0 Å². The van der Waals surface area contributed by atoms with Crippen molar-refractivity contribution in [1.29, 1.82) is 0 Å². The molecule has 3 aromatic rings. The number of aromatic amines is 1. The number of aromatic nitrogens is 3. The summed E-state index contributed by atoms with van der Waals surface area (Å²) in [7, 11) is 3.53. The van der Waals surface area contributed by atoms with Gasteiger partial charge in [0.25, 0.3) is 5.91 Å². The maximum absolute atomic E-state index is 12.1. The summed E-state index contributed by atoms with van der Waals surface area (Å²) in [6, 6.07) is 12.9. The summed E-state index contributed by atoms with van der Waals surface area (Å²) in [6.45, 7) is 0. The van der Waals surface area contributed by atoms with Crippen LogP contribution in [0.4, 0.5) is 0 Å². The number of H-pyrrole nitrogens is 1. The van der Waals surface area contributed by atoms with Crippen molar-refractivity contribution >= 4 is 12.1 Å². The molecule has 0 unspecified atom stereocenters. The van der Waals surface area contributed by atoms with Crippen LogP contribution in [0.25, 0.3) is 11.4 Å². The van der Waals surface area contributed by atoms with E-state index in [0.29, 0.717) is 11.4 Å². The molecule has 0 radical (unpaired) electrons. The van der Waals surface area contributed by atoms with Gasteiger partial charge in [-0.15, -0.1) is 0 Å². The minimum absolute atomic E-state index is 0.345. The number of rotatable bonds is 5. The van der Waals surface area contributed by atoms with Crippen LogP contribution in [0.3, 0.4) is 0 Å². The van der Waals surface area contributed by atoms with Gasteiger partial charge in [-0.1, -0.05) is 0 Å². The Labute approximate surface area is 139 Å². The van der Waals surface area contributed by atoms with Crippen LogP contribution in [0.15, 0.2) is 53.8 Å². The van der Waals surface area contributed by atoms with Crippen LogP contribution in [0.1, 0.15) is 16.1 Å². The zero-order valence-corrected chi connectivity index (χ0v) is 13.4. The number of amides is 1. The van der Waals surface area contributed by atoms with E-state index in [0.717, 1.165) is 17.0 Å². The summed E-state index contributed by atoms with van der Waals surface area (Å²) in [5, 5.41) is 10.8. The van der Waals surface area contributed by atoms with Gasteiger partial charge in [0.15, 0.2) is 0 Å². The maximum Gasteiger partial charge on any atom is 0.289 e. The number of methoxy groups -OCH3 is 1. The highest BCUT2D eigenvalue weighted by molar-refractivity contribution is 5.94. The molecule has 2 heterocycles. The van der Waals surface area contributed by atoms with E-state index in [1.807, 2.05) is 54.2 Å². The summed E-state index contributed by atoms with van der Waals surface area (Å²) < 4.78 is 7.01. The fourth-order valence-electron chi connectivity index (χ4n) is 2.21. The lowest BCUT2D eigenvalue weighted by Crippen LogP contribution is -2.17. The second-order valence-corrected chi connectivity index (χ2v) is 5.14. The first kappa shape index (κ1) is 15.5. The third-order valence-electron chi connectivity index (χ3n) is 3.52. The first-order valence-electron chi connectivity index (χ1n) is 7.32. The molecule has 3 rings (SSSR count). The number of nitrogens with one attached hydrogen (secondary N) is 2. The second kappa shape index (κ2) is 6.82. The van der Waals surface area contributed by atoms with Crippen molar-refractivity contribution < 1.29 is 9.53 Å². The van der Waals surface area contributed by atoms with Crippen LogP contribution in [-0.2, 0) is 7.05 Å². The third-order valence-corrected chi connectivity index (χ3v) is 3.52. The molecule has 1 aromatic carbocycles. The molecule has 7 nitrogen and oxygen atoms in total. The minimum atomic E-state index is -0.354. The Bertz CT molecular complexity index is 861. The van der Waals surface area contributed by atoms with Crippen LogP contribution in [0.5, 0.6) is 5.75 Å². The van der Waals surface area contributed by atoms with Gasteiger partial charge in [0.2, 0.25) is 0 Å². The van der Waals surface area contributed by atoms with Crippen molar-refractivity contribution in [3.05, 3.63) is 59.9 Å². The van der Waals surface area contributed by atoms with E-state index in [1.54, 1.807) is 19.4 Å². The van der Waals surface area contributed by atoms with E-state index in [2.05, 4.69) is 20.7 Å². The summed E-state index contributed by atoms with van der Waals surface area (Å²) >= 11 is 0. The standard InChI is InChI=1S/C17H17N5O2/c1-22-9-3-4-16(22)14-10-15(20-19-14)17(23)21-18-11-12-5-7-13(24-2)8-6-12/h3-11H,1-2H3,(H,19,20)(H,21,23). The fourth-order valence-corrected chi connectivity index (χ4v) is 2.21. The van der Waals surface area contributed by atoms with E-state index in [-0.39, 0.29) is 5.91 Å². The molecule has 1 amide bonds. The predicted molar refractivity (Wildman–Crippen MR) is 91.0 cm³/mol. The largest absolute Gasteiger partial charge is 0.497 e. The smallest absolute Gasteiger partial charge is 0.289 e. The van der Waals surface area contributed by atoms with Crippen molar-refractivity contribution in [2.24, 2.45) is 12.1 Å². The van der Waals surface area contributed by atoms with Gasteiger partial charge < -0.3 is 9.30 Å². The maximum atomic E-state index is 12.1.